The summed E-state index contributed by atoms with van der Waals surface area (Å²) in [7, 11) is 0. The number of carbonyl (C=O) groups excluding carboxylic acids is 1. The maximum absolute atomic E-state index is 12.3. The molecule has 0 saturated heterocycles. The van der Waals surface area contributed by atoms with Gasteiger partial charge in [-0.05, 0) is 24.6 Å². The van der Waals surface area contributed by atoms with Crippen LogP contribution in [0.4, 0.5) is 0 Å². The van der Waals surface area contributed by atoms with Gasteiger partial charge in [0, 0.05) is 11.6 Å². The highest BCUT2D eigenvalue weighted by Crippen LogP contribution is 2.13. The molecule has 0 bridgehead atoms. The molecule has 0 atom stereocenters. The van der Waals surface area contributed by atoms with Crippen molar-refractivity contribution >= 4 is 5.78 Å². The SMILES string of the molecule is C#CCNC(=CC(=O)c1ccccc1)COc1cccc(C)c1. The third kappa shape index (κ3) is 5.37. The van der Waals surface area contributed by atoms with E-state index < -0.39 is 0 Å². The predicted molar refractivity (Wildman–Crippen MR) is 92.4 cm³/mol. The highest BCUT2D eigenvalue weighted by atomic mass is 16.5. The molecule has 2 rings (SSSR count). The normalized spacial score (nSPS) is 10.7. The Morgan fingerprint density at radius 2 is 2.00 bits per heavy atom. The fourth-order valence-electron chi connectivity index (χ4n) is 2.02. The maximum atomic E-state index is 12.3. The molecule has 0 aliphatic rings. The molecule has 2 aromatic carbocycles. The number of ketones is 1. The number of ether oxygens (including phenoxy) is 1. The van der Waals surface area contributed by atoms with E-state index in [0.717, 1.165) is 11.3 Å². The van der Waals surface area contributed by atoms with E-state index in [1.54, 1.807) is 12.1 Å². The first-order chi connectivity index (χ1) is 11.2. The van der Waals surface area contributed by atoms with Gasteiger partial charge in [-0.15, -0.1) is 6.42 Å². The van der Waals surface area contributed by atoms with Crippen molar-refractivity contribution in [2.24, 2.45) is 0 Å². The molecule has 0 radical (unpaired) electrons. The van der Waals surface area contributed by atoms with E-state index in [-0.39, 0.29) is 12.4 Å². The molecule has 0 unspecified atom stereocenters. The molecule has 3 nitrogen and oxygen atoms in total. The number of carbonyl (C=O) groups is 1. The van der Waals surface area contributed by atoms with Gasteiger partial charge in [-0.1, -0.05) is 48.4 Å². The largest absolute Gasteiger partial charge is 0.487 e. The summed E-state index contributed by atoms with van der Waals surface area (Å²) >= 11 is 0. The van der Waals surface area contributed by atoms with Crippen molar-refractivity contribution in [3.8, 4) is 18.1 Å². The van der Waals surface area contributed by atoms with Gasteiger partial charge in [0.2, 0.25) is 0 Å². The quantitative estimate of drug-likeness (QED) is 0.484. The molecule has 0 aliphatic heterocycles. The lowest BCUT2D eigenvalue weighted by Gasteiger charge is -2.11. The van der Waals surface area contributed by atoms with Gasteiger partial charge in [0.25, 0.3) is 0 Å². The topological polar surface area (TPSA) is 38.3 Å². The molecule has 0 aliphatic carbocycles. The van der Waals surface area contributed by atoms with E-state index >= 15 is 0 Å². The smallest absolute Gasteiger partial charge is 0.187 e. The predicted octanol–water partition coefficient (Wildman–Crippen LogP) is 3.36. The van der Waals surface area contributed by atoms with Crippen LogP contribution in [0.2, 0.25) is 0 Å². The van der Waals surface area contributed by atoms with Crippen LogP contribution in [0.5, 0.6) is 5.75 Å². The van der Waals surface area contributed by atoms with Crippen molar-refractivity contribution in [2.45, 2.75) is 6.92 Å². The standard InChI is InChI=1S/C20H19NO2/c1-3-12-21-18(14-20(22)17-9-5-4-6-10-17)15-23-19-11-7-8-16(2)13-19/h1,4-11,13-14,21H,12,15H2,2H3. The second-order valence-corrected chi connectivity index (χ2v) is 5.06. The average Bonchev–Trinajstić information content (AvgIpc) is 2.58. The number of hydrogen-bond acceptors (Lipinski definition) is 3. The first-order valence-electron chi connectivity index (χ1n) is 7.36. The Bertz CT molecular complexity index is 727. The number of benzene rings is 2. The molecular formula is C20H19NO2. The Balaban J connectivity index is 2.08. The number of rotatable bonds is 7. The highest BCUT2D eigenvalue weighted by molar-refractivity contribution is 6.04. The van der Waals surface area contributed by atoms with Gasteiger partial charge in [-0.2, -0.15) is 0 Å². The van der Waals surface area contributed by atoms with Crippen molar-refractivity contribution < 1.29 is 9.53 Å². The summed E-state index contributed by atoms with van der Waals surface area (Å²) in [5.41, 5.74) is 2.39. The molecule has 2 aromatic rings. The number of hydrogen-bond donors (Lipinski definition) is 1. The van der Waals surface area contributed by atoms with Crippen LogP contribution in [-0.4, -0.2) is 18.9 Å². The lowest BCUT2D eigenvalue weighted by molar-refractivity contribution is 0.104. The van der Waals surface area contributed by atoms with Gasteiger partial charge in [0.05, 0.1) is 12.2 Å². The Labute approximate surface area is 137 Å². The van der Waals surface area contributed by atoms with Crippen molar-refractivity contribution in [1.82, 2.24) is 5.32 Å². The summed E-state index contributed by atoms with van der Waals surface area (Å²) in [5, 5.41) is 3.03. The van der Waals surface area contributed by atoms with Gasteiger partial charge < -0.3 is 10.1 Å². The zero-order valence-corrected chi connectivity index (χ0v) is 13.1. The molecule has 0 saturated carbocycles. The number of nitrogens with one attached hydrogen (secondary N) is 1. The second kappa shape index (κ2) is 8.45. The number of terminal acetylenes is 1. The van der Waals surface area contributed by atoms with Crippen LogP contribution in [-0.2, 0) is 0 Å². The molecule has 3 heteroatoms. The molecule has 0 amide bonds. The van der Waals surface area contributed by atoms with Gasteiger partial charge in [0.15, 0.2) is 5.78 Å². The van der Waals surface area contributed by atoms with Gasteiger partial charge in [-0.25, -0.2) is 0 Å². The zero-order chi connectivity index (χ0) is 16.5. The molecule has 0 fully saturated rings. The van der Waals surface area contributed by atoms with Gasteiger partial charge in [0.1, 0.15) is 12.4 Å². The van der Waals surface area contributed by atoms with Crippen LogP contribution >= 0.6 is 0 Å². The third-order valence-corrected chi connectivity index (χ3v) is 3.17. The van der Waals surface area contributed by atoms with Crippen molar-refractivity contribution in [3.63, 3.8) is 0 Å². The van der Waals surface area contributed by atoms with Gasteiger partial charge >= 0.3 is 0 Å². The van der Waals surface area contributed by atoms with Crippen molar-refractivity contribution in [3.05, 3.63) is 77.5 Å². The molecule has 23 heavy (non-hydrogen) atoms. The molecule has 1 N–H and O–H groups in total. The van der Waals surface area contributed by atoms with Crippen LogP contribution in [0, 0.1) is 19.3 Å². The fraction of sp³-hybridized carbons (Fsp3) is 0.150. The lowest BCUT2D eigenvalue weighted by Crippen LogP contribution is -2.20. The van der Waals surface area contributed by atoms with Gasteiger partial charge in [-0.3, -0.25) is 4.79 Å². The van der Waals surface area contributed by atoms with E-state index in [0.29, 0.717) is 17.8 Å². The second-order valence-electron chi connectivity index (χ2n) is 5.06. The Kier molecular flexibility index (Phi) is 6.02. The minimum Gasteiger partial charge on any atom is -0.487 e. The van der Waals surface area contributed by atoms with E-state index in [9.17, 15) is 4.79 Å². The summed E-state index contributed by atoms with van der Waals surface area (Å²) in [5.74, 6) is 3.17. The minimum atomic E-state index is -0.0852. The summed E-state index contributed by atoms with van der Waals surface area (Å²) in [6.07, 6.45) is 6.81. The lowest BCUT2D eigenvalue weighted by atomic mass is 10.1. The monoisotopic (exact) mass is 305 g/mol. The van der Waals surface area contributed by atoms with Crippen LogP contribution in [0.15, 0.2) is 66.4 Å². The summed E-state index contributed by atoms with van der Waals surface area (Å²) in [6, 6.07) is 16.8. The van der Waals surface area contributed by atoms with Crippen LogP contribution < -0.4 is 10.1 Å². The Morgan fingerprint density at radius 1 is 1.22 bits per heavy atom. The first-order valence-corrected chi connectivity index (χ1v) is 7.36. The molecule has 0 heterocycles. The fourth-order valence-corrected chi connectivity index (χ4v) is 2.02. The van der Waals surface area contributed by atoms with E-state index in [4.69, 9.17) is 11.2 Å². The van der Waals surface area contributed by atoms with Crippen LogP contribution in [0.25, 0.3) is 0 Å². The average molecular weight is 305 g/mol. The zero-order valence-electron chi connectivity index (χ0n) is 13.1. The third-order valence-electron chi connectivity index (χ3n) is 3.17. The number of aryl methyl sites for hydroxylation is 1. The Hall–Kier alpha value is -2.99. The summed E-state index contributed by atoms with van der Waals surface area (Å²) in [4.78, 5) is 12.3. The van der Waals surface area contributed by atoms with E-state index in [2.05, 4.69) is 11.2 Å². The number of allylic oxidation sites excluding steroid dienone is 1. The van der Waals surface area contributed by atoms with E-state index in [1.807, 2.05) is 49.4 Å². The summed E-state index contributed by atoms with van der Waals surface area (Å²) < 4.78 is 5.73. The first kappa shape index (κ1) is 16.4. The summed E-state index contributed by atoms with van der Waals surface area (Å²) in [6.45, 7) is 2.59. The van der Waals surface area contributed by atoms with Crippen LogP contribution in [0.3, 0.4) is 0 Å². The molecule has 0 aromatic heterocycles. The molecular weight excluding hydrogens is 286 g/mol. The Morgan fingerprint density at radius 3 is 2.70 bits per heavy atom. The van der Waals surface area contributed by atoms with E-state index in [1.165, 1.54) is 6.08 Å². The highest BCUT2D eigenvalue weighted by Gasteiger charge is 2.05. The maximum Gasteiger partial charge on any atom is 0.187 e. The molecule has 116 valence electrons. The van der Waals surface area contributed by atoms with Crippen molar-refractivity contribution in [2.75, 3.05) is 13.2 Å². The van der Waals surface area contributed by atoms with Crippen LogP contribution in [0.1, 0.15) is 15.9 Å². The molecule has 0 spiro atoms. The van der Waals surface area contributed by atoms with Crippen molar-refractivity contribution in [1.29, 1.82) is 0 Å². The minimum absolute atomic E-state index is 0.0852.